The molecule has 8 nitrogen and oxygen atoms in total. The summed E-state index contributed by atoms with van der Waals surface area (Å²) < 4.78 is 7.07. The Morgan fingerprint density at radius 3 is 2.41 bits per heavy atom. The lowest BCUT2D eigenvalue weighted by Gasteiger charge is -2.35. The van der Waals surface area contributed by atoms with Crippen molar-refractivity contribution >= 4 is 40.9 Å². The Bertz CT molecular complexity index is 847. The van der Waals surface area contributed by atoms with Crippen LogP contribution in [0.2, 0.25) is 0 Å². The fraction of sp³-hybridized carbons (Fsp3) is 0.550. The molecule has 158 valence electrons. The first-order valence-corrected chi connectivity index (χ1v) is 9.92. The molecule has 2 aromatic rings. The Kier molecular flexibility index (Phi) is 7.10. The second-order valence-electron chi connectivity index (χ2n) is 7.46. The number of pyridine rings is 1. The fourth-order valence-electron chi connectivity index (χ4n) is 4.00. The van der Waals surface area contributed by atoms with Crippen LogP contribution in [0.3, 0.4) is 0 Å². The Morgan fingerprint density at radius 2 is 1.69 bits per heavy atom. The molecule has 2 aromatic heterocycles. The summed E-state index contributed by atoms with van der Waals surface area (Å²) in [7, 11) is 2.06. The van der Waals surface area contributed by atoms with Crippen molar-refractivity contribution in [3.05, 3.63) is 24.5 Å². The molecule has 29 heavy (non-hydrogen) atoms. The minimum Gasteiger partial charge on any atom is -0.362 e. The van der Waals surface area contributed by atoms with E-state index in [1.165, 1.54) is 15.8 Å². The maximum Gasteiger partial charge on any atom is 0.255 e. The van der Waals surface area contributed by atoms with E-state index in [9.17, 15) is 9.59 Å². The molecule has 0 aromatic carbocycles. The molecule has 0 bridgehead atoms. The number of hydrogen-bond donors (Lipinski definition) is 0. The lowest BCUT2D eigenvalue weighted by Crippen LogP contribution is -2.47. The highest BCUT2D eigenvalue weighted by molar-refractivity contribution is 5.98. The maximum atomic E-state index is 11.7. The molecule has 2 aliphatic rings. The van der Waals surface area contributed by atoms with Crippen LogP contribution in [0.5, 0.6) is 0 Å². The molecule has 0 saturated carbocycles. The SMILES string of the molecule is Cl.Cn1ccc2c(N3CCN(CCCCN4C(=O)COCC4=O)CC3)nccc21. The van der Waals surface area contributed by atoms with Crippen molar-refractivity contribution < 1.29 is 14.3 Å². The number of aryl methyl sites for hydroxylation is 1. The standard InChI is InChI=1S/C20H27N5O3.ClH/c1-22-9-5-16-17(22)4-6-21-20(16)24-12-10-23(11-13-24)7-2-3-8-25-18(26)14-28-15-19(25)27;/h4-6,9H,2-3,7-8,10-15H2,1H3;1H. The summed E-state index contributed by atoms with van der Waals surface area (Å²) >= 11 is 0. The van der Waals surface area contributed by atoms with E-state index in [1.807, 2.05) is 6.20 Å². The molecule has 0 N–H and O–H groups in total. The van der Waals surface area contributed by atoms with Crippen LogP contribution in [0.25, 0.3) is 10.9 Å². The number of carbonyl (C=O) groups excluding carboxylic acids is 2. The molecule has 0 spiro atoms. The molecule has 0 radical (unpaired) electrons. The molecule has 2 saturated heterocycles. The van der Waals surface area contributed by atoms with Gasteiger partial charge in [0.2, 0.25) is 0 Å². The van der Waals surface area contributed by atoms with Gasteiger partial charge in [-0.2, -0.15) is 0 Å². The number of fused-ring (bicyclic) bond motifs is 1. The zero-order valence-electron chi connectivity index (χ0n) is 16.7. The third-order valence-corrected chi connectivity index (χ3v) is 5.62. The minimum absolute atomic E-state index is 0. The number of unbranched alkanes of at least 4 members (excludes halogenated alkanes) is 1. The first kappa shape index (κ1) is 21.5. The van der Waals surface area contributed by atoms with Crippen molar-refractivity contribution in [3.8, 4) is 0 Å². The molecule has 0 aliphatic carbocycles. The number of anilines is 1. The Morgan fingerprint density at radius 1 is 1.00 bits per heavy atom. The fourth-order valence-corrected chi connectivity index (χ4v) is 4.00. The molecule has 2 fully saturated rings. The molecule has 2 amide bonds. The Balaban J connectivity index is 0.00000240. The van der Waals surface area contributed by atoms with Gasteiger partial charge < -0.3 is 14.2 Å². The Labute approximate surface area is 176 Å². The number of halogens is 1. The highest BCUT2D eigenvalue weighted by atomic mass is 35.5. The van der Waals surface area contributed by atoms with Crippen LogP contribution in [0.15, 0.2) is 24.5 Å². The second kappa shape index (κ2) is 9.56. The van der Waals surface area contributed by atoms with Gasteiger partial charge in [-0.1, -0.05) is 0 Å². The molecular weight excluding hydrogens is 394 g/mol. The van der Waals surface area contributed by atoms with Crippen molar-refractivity contribution in [1.29, 1.82) is 0 Å². The largest absolute Gasteiger partial charge is 0.362 e. The van der Waals surface area contributed by atoms with Crippen molar-refractivity contribution in [2.75, 3.05) is 57.4 Å². The van der Waals surface area contributed by atoms with Crippen LogP contribution in [0.4, 0.5) is 5.82 Å². The van der Waals surface area contributed by atoms with Gasteiger partial charge in [0.15, 0.2) is 0 Å². The number of aromatic nitrogens is 2. The van der Waals surface area contributed by atoms with E-state index in [2.05, 4.69) is 44.7 Å². The monoisotopic (exact) mass is 421 g/mol. The highest BCUT2D eigenvalue weighted by Crippen LogP contribution is 2.25. The van der Waals surface area contributed by atoms with E-state index in [4.69, 9.17) is 4.74 Å². The second-order valence-corrected chi connectivity index (χ2v) is 7.46. The van der Waals surface area contributed by atoms with Gasteiger partial charge in [-0.15, -0.1) is 12.4 Å². The number of piperazine rings is 1. The van der Waals surface area contributed by atoms with E-state index >= 15 is 0 Å². The molecule has 4 heterocycles. The van der Waals surface area contributed by atoms with Crippen molar-refractivity contribution in [1.82, 2.24) is 19.4 Å². The van der Waals surface area contributed by atoms with Gasteiger partial charge in [0.1, 0.15) is 19.0 Å². The zero-order valence-corrected chi connectivity index (χ0v) is 17.6. The summed E-state index contributed by atoms with van der Waals surface area (Å²) in [6.07, 6.45) is 5.78. The number of hydrogen-bond acceptors (Lipinski definition) is 6. The van der Waals surface area contributed by atoms with Crippen LogP contribution in [0, 0.1) is 0 Å². The van der Waals surface area contributed by atoms with Crippen LogP contribution in [-0.2, 0) is 21.4 Å². The topological polar surface area (TPSA) is 70.9 Å². The summed E-state index contributed by atoms with van der Waals surface area (Å²) in [5, 5.41) is 1.21. The predicted molar refractivity (Wildman–Crippen MR) is 113 cm³/mol. The quantitative estimate of drug-likeness (QED) is 0.517. The van der Waals surface area contributed by atoms with Crippen molar-refractivity contribution in [2.45, 2.75) is 12.8 Å². The lowest BCUT2D eigenvalue weighted by atomic mass is 10.2. The number of nitrogens with zero attached hydrogens (tertiary/aromatic N) is 5. The van der Waals surface area contributed by atoms with E-state index in [1.54, 1.807) is 0 Å². The third-order valence-electron chi connectivity index (χ3n) is 5.62. The normalized spacial score (nSPS) is 18.4. The van der Waals surface area contributed by atoms with Crippen molar-refractivity contribution in [2.24, 2.45) is 7.05 Å². The van der Waals surface area contributed by atoms with Gasteiger partial charge in [0.05, 0.1) is 5.52 Å². The number of ether oxygens (including phenoxy) is 1. The molecule has 0 atom stereocenters. The number of imide groups is 1. The number of rotatable bonds is 6. The van der Waals surface area contributed by atoms with E-state index in [-0.39, 0.29) is 37.4 Å². The first-order chi connectivity index (χ1) is 13.6. The molecule has 2 aliphatic heterocycles. The van der Waals surface area contributed by atoms with Crippen LogP contribution in [-0.4, -0.2) is 83.6 Å². The first-order valence-electron chi connectivity index (χ1n) is 9.92. The smallest absolute Gasteiger partial charge is 0.255 e. The summed E-state index contributed by atoms with van der Waals surface area (Å²) in [5.41, 5.74) is 1.21. The highest BCUT2D eigenvalue weighted by Gasteiger charge is 2.26. The van der Waals surface area contributed by atoms with E-state index in [0.29, 0.717) is 6.54 Å². The third kappa shape index (κ3) is 4.71. The summed E-state index contributed by atoms with van der Waals surface area (Å²) in [5.74, 6) is 0.641. The summed E-state index contributed by atoms with van der Waals surface area (Å²) in [6, 6.07) is 4.19. The van der Waals surface area contributed by atoms with Gasteiger partial charge in [-0.05, 0) is 31.5 Å². The molecule has 4 rings (SSSR count). The van der Waals surface area contributed by atoms with Crippen molar-refractivity contribution in [3.63, 3.8) is 0 Å². The molecular formula is C20H28ClN5O3. The molecule has 0 unspecified atom stereocenters. The zero-order chi connectivity index (χ0) is 19.5. The average molecular weight is 422 g/mol. The maximum absolute atomic E-state index is 11.7. The Hall–Kier alpha value is -2.16. The van der Waals surface area contributed by atoms with Crippen LogP contribution < -0.4 is 4.90 Å². The number of carbonyl (C=O) groups is 2. The lowest BCUT2D eigenvalue weighted by molar-refractivity contribution is -0.158. The van der Waals surface area contributed by atoms with Gasteiger partial charge in [-0.3, -0.25) is 19.4 Å². The minimum atomic E-state index is -0.215. The summed E-state index contributed by atoms with van der Waals surface area (Å²) in [6.45, 7) is 5.46. The van der Waals surface area contributed by atoms with Gasteiger partial charge in [0.25, 0.3) is 11.8 Å². The van der Waals surface area contributed by atoms with Crippen LogP contribution >= 0.6 is 12.4 Å². The number of amides is 2. The average Bonchev–Trinajstić information content (AvgIpc) is 3.09. The van der Waals surface area contributed by atoms with E-state index in [0.717, 1.165) is 51.4 Å². The number of morpholine rings is 1. The van der Waals surface area contributed by atoms with Gasteiger partial charge >= 0.3 is 0 Å². The van der Waals surface area contributed by atoms with Gasteiger partial charge in [0, 0.05) is 57.6 Å². The summed E-state index contributed by atoms with van der Waals surface area (Å²) in [4.78, 5) is 34.2. The predicted octanol–water partition coefficient (Wildman–Crippen LogP) is 1.28. The molecule has 9 heteroatoms. The van der Waals surface area contributed by atoms with Gasteiger partial charge in [-0.25, -0.2) is 4.98 Å². The van der Waals surface area contributed by atoms with E-state index < -0.39 is 0 Å². The van der Waals surface area contributed by atoms with Crippen LogP contribution in [0.1, 0.15) is 12.8 Å².